The van der Waals surface area contributed by atoms with E-state index in [4.69, 9.17) is 0 Å². The summed E-state index contributed by atoms with van der Waals surface area (Å²) < 4.78 is 1.45. The van der Waals surface area contributed by atoms with Gasteiger partial charge in [0.25, 0.3) is 0 Å². The Morgan fingerprint density at radius 3 is 0.962 bits per heavy atom. The molecule has 0 radical (unpaired) electrons. The quantitative estimate of drug-likeness (QED) is 0.129. The van der Waals surface area contributed by atoms with E-state index in [9.17, 15) is 0 Å². The lowest BCUT2D eigenvalue weighted by Crippen LogP contribution is -3.00. The summed E-state index contributed by atoms with van der Waals surface area (Å²) in [6.45, 7) is 15.2. The van der Waals surface area contributed by atoms with E-state index in [2.05, 4.69) is 27.7 Å². The smallest absolute Gasteiger partial charge is 0.0786 e. The second kappa shape index (κ2) is 22.0. The second-order valence-electron chi connectivity index (χ2n) is 8.48. The molecule has 0 N–H and O–H groups in total. The van der Waals surface area contributed by atoms with Gasteiger partial charge in [-0.15, -0.1) is 0 Å². The summed E-state index contributed by atoms with van der Waals surface area (Å²) in [5, 5.41) is 0. The van der Waals surface area contributed by atoms with E-state index in [1.807, 2.05) is 0 Å². The standard InChI is InChI=1S/C24H52N.HI/c1-5-9-13-15-17-19-23-25(21-11-7-3,22-12-8-4)24-20-18-16-14-10-6-2;/h5-24H2,1-4H3;1H/q+1;/p-1. The fourth-order valence-electron chi connectivity index (χ4n) is 4.11. The first-order valence-corrected chi connectivity index (χ1v) is 12.1. The van der Waals surface area contributed by atoms with Gasteiger partial charge in [0.2, 0.25) is 0 Å². The number of quaternary nitrogens is 1. The van der Waals surface area contributed by atoms with Crippen molar-refractivity contribution in [3.8, 4) is 0 Å². The van der Waals surface area contributed by atoms with Crippen LogP contribution >= 0.6 is 0 Å². The van der Waals surface area contributed by atoms with Crippen LogP contribution in [0.1, 0.15) is 130 Å². The lowest BCUT2D eigenvalue weighted by Gasteiger charge is -2.39. The molecule has 2 heteroatoms. The maximum atomic E-state index is 2.37. The molecule has 0 heterocycles. The average molecular weight is 482 g/mol. The van der Waals surface area contributed by atoms with Crippen molar-refractivity contribution in [3.63, 3.8) is 0 Å². The van der Waals surface area contributed by atoms with E-state index < -0.39 is 0 Å². The minimum Gasteiger partial charge on any atom is -1.00 e. The maximum absolute atomic E-state index is 2.37. The van der Waals surface area contributed by atoms with Crippen LogP contribution in [-0.2, 0) is 0 Å². The highest BCUT2D eigenvalue weighted by Crippen LogP contribution is 2.18. The SMILES string of the molecule is CCCCCCCC[N+](CCCC)(CCCC)CCCCCCCC.[I-]. The van der Waals surface area contributed by atoms with Crippen molar-refractivity contribution in [2.24, 2.45) is 0 Å². The predicted molar refractivity (Wildman–Crippen MR) is 116 cm³/mol. The molecular weight excluding hydrogens is 429 g/mol. The van der Waals surface area contributed by atoms with Gasteiger partial charge in [-0.05, 0) is 38.5 Å². The zero-order valence-corrected chi connectivity index (χ0v) is 21.1. The molecule has 0 rings (SSSR count). The summed E-state index contributed by atoms with van der Waals surface area (Å²) in [6.07, 6.45) is 22.9. The van der Waals surface area contributed by atoms with Gasteiger partial charge >= 0.3 is 0 Å². The van der Waals surface area contributed by atoms with Gasteiger partial charge in [0.15, 0.2) is 0 Å². The monoisotopic (exact) mass is 481 g/mol. The molecule has 0 aromatic heterocycles. The number of halogens is 1. The largest absolute Gasteiger partial charge is 1.00 e. The molecule has 0 bridgehead atoms. The summed E-state index contributed by atoms with van der Waals surface area (Å²) >= 11 is 0. The van der Waals surface area contributed by atoms with Crippen LogP contribution in [0.4, 0.5) is 0 Å². The molecule has 0 atom stereocenters. The molecular formula is C24H52IN. The van der Waals surface area contributed by atoms with E-state index in [0.29, 0.717) is 0 Å². The third kappa shape index (κ3) is 16.8. The van der Waals surface area contributed by atoms with E-state index in [0.717, 1.165) is 0 Å². The summed E-state index contributed by atoms with van der Waals surface area (Å²) in [7, 11) is 0. The molecule has 0 saturated heterocycles. The molecule has 0 aromatic carbocycles. The molecule has 0 amide bonds. The topological polar surface area (TPSA) is 0 Å². The lowest BCUT2D eigenvalue weighted by molar-refractivity contribution is -0.929. The highest BCUT2D eigenvalue weighted by molar-refractivity contribution is 4.52. The van der Waals surface area contributed by atoms with Crippen molar-refractivity contribution in [2.45, 2.75) is 130 Å². The van der Waals surface area contributed by atoms with Crippen LogP contribution in [0.3, 0.4) is 0 Å². The highest BCUT2D eigenvalue weighted by Gasteiger charge is 2.25. The Morgan fingerprint density at radius 1 is 0.346 bits per heavy atom. The van der Waals surface area contributed by atoms with Crippen LogP contribution in [0.15, 0.2) is 0 Å². The Labute approximate surface area is 184 Å². The number of unbranched alkanes of at least 4 members (excludes halogenated alkanes) is 12. The van der Waals surface area contributed by atoms with Gasteiger partial charge < -0.3 is 28.5 Å². The summed E-state index contributed by atoms with van der Waals surface area (Å²) in [6, 6.07) is 0. The molecule has 1 nitrogen and oxygen atoms in total. The molecule has 0 aromatic rings. The van der Waals surface area contributed by atoms with Crippen LogP contribution in [-0.4, -0.2) is 30.7 Å². The van der Waals surface area contributed by atoms with Gasteiger partial charge in [-0.2, -0.15) is 0 Å². The Morgan fingerprint density at radius 2 is 0.615 bits per heavy atom. The molecule has 0 unspecified atom stereocenters. The lowest BCUT2D eigenvalue weighted by atomic mass is 10.1. The van der Waals surface area contributed by atoms with Crippen molar-refractivity contribution in [2.75, 3.05) is 26.2 Å². The van der Waals surface area contributed by atoms with Gasteiger partial charge in [0, 0.05) is 0 Å². The number of hydrogen-bond acceptors (Lipinski definition) is 0. The minimum absolute atomic E-state index is 0. The van der Waals surface area contributed by atoms with E-state index in [1.54, 1.807) is 0 Å². The normalized spacial score (nSPS) is 11.5. The van der Waals surface area contributed by atoms with Gasteiger partial charge in [-0.3, -0.25) is 0 Å². The Balaban J connectivity index is 0. The van der Waals surface area contributed by atoms with Crippen LogP contribution in [0, 0.1) is 0 Å². The zero-order chi connectivity index (χ0) is 18.6. The predicted octanol–water partition coefficient (Wildman–Crippen LogP) is 5.13. The minimum atomic E-state index is 0. The third-order valence-corrected chi connectivity index (χ3v) is 5.94. The van der Waals surface area contributed by atoms with Gasteiger partial charge in [0.1, 0.15) is 0 Å². The summed E-state index contributed by atoms with van der Waals surface area (Å²) in [5.41, 5.74) is 0. The van der Waals surface area contributed by atoms with E-state index in [1.165, 1.54) is 133 Å². The van der Waals surface area contributed by atoms with Crippen molar-refractivity contribution < 1.29 is 28.5 Å². The van der Waals surface area contributed by atoms with Gasteiger partial charge in [-0.1, -0.05) is 91.9 Å². The van der Waals surface area contributed by atoms with Crippen LogP contribution in [0.25, 0.3) is 0 Å². The molecule has 26 heavy (non-hydrogen) atoms. The number of hydrogen-bond donors (Lipinski definition) is 0. The van der Waals surface area contributed by atoms with E-state index >= 15 is 0 Å². The first-order valence-electron chi connectivity index (χ1n) is 12.1. The first-order chi connectivity index (χ1) is 12.2. The maximum Gasteiger partial charge on any atom is 0.0786 e. The Hall–Kier alpha value is 0.690. The van der Waals surface area contributed by atoms with Crippen LogP contribution < -0.4 is 24.0 Å². The van der Waals surface area contributed by atoms with Gasteiger partial charge in [0.05, 0.1) is 26.2 Å². The second-order valence-corrected chi connectivity index (χ2v) is 8.48. The Kier molecular flexibility index (Phi) is 24.4. The first kappa shape index (κ1) is 28.9. The van der Waals surface area contributed by atoms with Crippen LogP contribution in [0.2, 0.25) is 0 Å². The fraction of sp³-hybridized carbons (Fsp3) is 1.00. The van der Waals surface area contributed by atoms with Crippen molar-refractivity contribution in [1.29, 1.82) is 0 Å². The molecule has 0 spiro atoms. The molecule has 0 aliphatic rings. The molecule has 0 fully saturated rings. The summed E-state index contributed by atoms with van der Waals surface area (Å²) in [4.78, 5) is 0. The average Bonchev–Trinajstić information content (AvgIpc) is 2.63. The molecule has 0 aliphatic carbocycles. The Bertz CT molecular complexity index is 229. The molecule has 160 valence electrons. The zero-order valence-electron chi connectivity index (χ0n) is 19.0. The van der Waals surface area contributed by atoms with Crippen molar-refractivity contribution in [1.82, 2.24) is 0 Å². The third-order valence-electron chi connectivity index (χ3n) is 5.94. The van der Waals surface area contributed by atoms with Crippen molar-refractivity contribution in [3.05, 3.63) is 0 Å². The van der Waals surface area contributed by atoms with Crippen molar-refractivity contribution >= 4 is 0 Å². The number of nitrogens with zero attached hydrogens (tertiary/aromatic N) is 1. The molecule has 0 aliphatic heterocycles. The highest BCUT2D eigenvalue weighted by atomic mass is 127. The number of rotatable bonds is 20. The fourth-order valence-corrected chi connectivity index (χ4v) is 4.11. The summed E-state index contributed by atoms with van der Waals surface area (Å²) in [5.74, 6) is 0. The van der Waals surface area contributed by atoms with E-state index in [-0.39, 0.29) is 24.0 Å². The van der Waals surface area contributed by atoms with Gasteiger partial charge in [-0.25, -0.2) is 0 Å². The van der Waals surface area contributed by atoms with Crippen LogP contribution in [0.5, 0.6) is 0 Å². The molecule has 0 saturated carbocycles.